The van der Waals surface area contributed by atoms with Gasteiger partial charge in [-0.3, -0.25) is 0 Å². The maximum absolute atomic E-state index is 3.54. The number of benzene rings is 1. The predicted molar refractivity (Wildman–Crippen MR) is 89.7 cm³/mol. The summed E-state index contributed by atoms with van der Waals surface area (Å²) in [6, 6.07) is 9.04. The monoisotopic (exact) mass is 286 g/mol. The lowest BCUT2D eigenvalue weighted by Crippen LogP contribution is -2.45. The van der Waals surface area contributed by atoms with Crippen molar-refractivity contribution >= 4 is 0 Å². The largest absolute Gasteiger partial charge is 0.317 e. The van der Waals surface area contributed by atoms with E-state index in [9.17, 15) is 0 Å². The molecule has 0 unspecified atom stereocenters. The summed E-state index contributed by atoms with van der Waals surface area (Å²) in [5, 5.41) is 3.54. The Morgan fingerprint density at radius 1 is 1.05 bits per heavy atom. The van der Waals surface area contributed by atoms with Gasteiger partial charge in [0.25, 0.3) is 0 Å². The Kier molecular flexibility index (Phi) is 4.97. The fourth-order valence-electron chi connectivity index (χ4n) is 4.32. The third-order valence-electron chi connectivity index (χ3n) is 5.52. The Morgan fingerprint density at radius 2 is 1.67 bits per heavy atom. The fraction of sp³-hybridized carbons (Fsp3) is 0.684. The third-order valence-corrected chi connectivity index (χ3v) is 5.52. The van der Waals surface area contributed by atoms with Gasteiger partial charge in [-0.05, 0) is 61.7 Å². The summed E-state index contributed by atoms with van der Waals surface area (Å²) < 4.78 is 0. The number of rotatable bonds is 4. The van der Waals surface area contributed by atoms with Crippen molar-refractivity contribution in [3.63, 3.8) is 0 Å². The lowest BCUT2D eigenvalue weighted by Gasteiger charge is -2.41. The minimum atomic E-state index is 0.580. The quantitative estimate of drug-likeness (QED) is 0.914. The van der Waals surface area contributed by atoms with Crippen molar-refractivity contribution in [3.8, 4) is 0 Å². The lowest BCUT2D eigenvalue weighted by atomic mass is 9.75. The predicted octanol–water partition coefficient (Wildman–Crippen LogP) is 3.26. The molecule has 0 bridgehead atoms. The molecule has 0 amide bonds. The number of fused-ring (bicyclic) bond motifs is 1. The van der Waals surface area contributed by atoms with E-state index in [1.165, 1.54) is 71.2 Å². The third kappa shape index (κ3) is 3.67. The molecule has 21 heavy (non-hydrogen) atoms. The van der Waals surface area contributed by atoms with E-state index in [4.69, 9.17) is 0 Å². The van der Waals surface area contributed by atoms with Crippen LogP contribution in [-0.4, -0.2) is 37.6 Å². The van der Waals surface area contributed by atoms with Crippen molar-refractivity contribution < 1.29 is 0 Å². The molecule has 2 nitrogen and oxygen atoms in total. The maximum atomic E-state index is 3.54. The van der Waals surface area contributed by atoms with Gasteiger partial charge in [0, 0.05) is 19.6 Å². The summed E-state index contributed by atoms with van der Waals surface area (Å²) in [6.07, 6.45) is 7.92. The second-order valence-electron chi connectivity index (χ2n) is 7.04. The first-order valence-corrected chi connectivity index (χ1v) is 8.81. The topological polar surface area (TPSA) is 15.3 Å². The van der Waals surface area contributed by atoms with Crippen LogP contribution in [0, 0.1) is 5.41 Å². The van der Waals surface area contributed by atoms with Crippen LogP contribution in [0.15, 0.2) is 24.3 Å². The highest BCUT2D eigenvalue weighted by Crippen LogP contribution is 2.35. The van der Waals surface area contributed by atoms with Crippen molar-refractivity contribution in [1.82, 2.24) is 10.2 Å². The minimum absolute atomic E-state index is 0.580. The van der Waals surface area contributed by atoms with E-state index < -0.39 is 0 Å². The molecule has 2 heterocycles. The van der Waals surface area contributed by atoms with Crippen molar-refractivity contribution in [2.24, 2.45) is 5.41 Å². The molecule has 0 aliphatic carbocycles. The molecule has 2 aliphatic rings. The van der Waals surface area contributed by atoms with Crippen LogP contribution in [0.25, 0.3) is 0 Å². The van der Waals surface area contributed by atoms with Gasteiger partial charge in [0.05, 0.1) is 0 Å². The first kappa shape index (κ1) is 15.1. The van der Waals surface area contributed by atoms with Gasteiger partial charge in [-0.1, -0.05) is 37.6 Å². The molecule has 0 saturated carbocycles. The zero-order valence-electron chi connectivity index (χ0n) is 13.5. The van der Waals surface area contributed by atoms with Crippen LogP contribution in [0.1, 0.15) is 43.7 Å². The van der Waals surface area contributed by atoms with Crippen LogP contribution in [-0.2, 0) is 12.8 Å². The van der Waals surface area contributed by atoms with Gasteiger partial charge in [0.2, 0.25) is 0 Å². The van der Waals surface area contributed by atoms with Crippen LogP contribution in [0.4, 0.5) is 0 Å². The second kappa shape index (κ2) is 6.93. The molecule has 3 rings (SSSR count). The molecule has 116 valence electrons. The molecule has 0 spiro atoms. The summed E-state index contributed by atoms with van der Waals surface area (Å²) in [5.41, 5.74) is 3.74. The van der Waals surface area contributed by atoms with E-state index in [-0.39, 0.29) is 0 Å². The molecule has 1 aromatic rings. The smallest absolute Gasteiger partial charge is 0.00392 e. The van der Waals surface area contributed by atoms with Crippen LogP contribution < -0.4 is 5.32 Å². The summed E-state index contributed by atoms with van der Waals surface area (Å²) in [5.74, 6) is 0. The Morgan fingerprint density at radius 3 is 2.24 bits per heavy atom. The number of hydrogen-bond acceptors (Lipinski definition) is 2. The Balaban J connectivity index is 1.65. The van der Waals surface area contributed by atoms with E-state index in [0.717, 1.165) is 0 Å². The molecule has 2 heteroatoms. The molecule has 0 atom stereocenters. The van der Waals surface area contributed by atoms with E-state index in [0.29, 0.717) is 5.41 Å². The normalized spacial score (nSPS) is 22.5. The molecule has 0 radical (unpaired) electrons. The SMILES string of the molecule is CCCC1(CN2CCc3ccccc3CC2)CCNCC1. The first-order chi connectivity index (χ1) is 10.3. The van der Waals surface area contributed by atoms with Crippen LogP contribution in [0.2, 0.25) is 0 Å². The van der Waals surface area contributed by atoms with Gasteiger partial charge < -0.3 is 10.2 Å². The molecule has 1 saturated heterocycles. The fourth-order valence-corrected chi connectivity index (χ4v) is 4.32. The lowest BCUT2D eigenvalue weighted by molar-refractivity contribution is 0.103. The maximum Gasteiger partial charge on any atom is 0.00392 e. The molecule has 0 aromatic heterocycles. The minimum Gasteiger partial charge on any atom is -0.317 e. The summed E-state index contributed by atoms with van der Waals surface area (Å²) >= 11 is 0. The second-order valence-corrected chi connectivity index (χ2v) is 7.04. The number of piperidine rings is 1. The van der Waals surface area contributed by atoms with E-state index >= 15 is 0 Å². The molecular weight excluding hydrogens is 256 g/mol. The van der Waals surface area contributed by atoms with E-state index in [1.54, 1.807) is 11.1 Å². The Hall–Kier alpha value is -0.860. The van der Waals surface area contributed by atoms with Gasteiger partial charge in [-0.15, -0.1) is 0 Å². The van der Waals surface area contributed by atoms with Gasteiger partial charge in [-0.2, -0.15) is 0 Å². The van der Waals surface area contributed by atoms with Crippen LogP contribution >= 0.6 is 0 Å². The highest BCUT2D eigenvalue weighted by atomic mass is 15.1. The summed E-state index contributed by atoms with van der Waals surface area (Å²) in [4.78, 5) is 2.75. The van der Waals surface area contributed by atoms with Crippen LogP contribution in [0.3, 0.4) is 0 Å². The zero-order valence-corrected chi connectivity index (χ0v) is 13.5. The van der Waals surface area contributed by atoms with Crippen molar-refractivity contribution in [1.29, 1.82) is 0 Å². The van der Waals surface area contributed by atoms with Gasteiger partial charge >= 0.3 is 0 Å². The molecule has 1 N–H and O–H groups in total. The Labute approximate surface area is 129 Å². The average Bonchev–Trinajstić information content (AvgIpc) is 2.71. The van der Waals surface area contributed by atoms with Crippen molar-refractivity contribution in [2.75, 3.05) is 32.7 Å². The van der Waals surface area contributed by atoms with Gasteiger partial charge in [0.1, 0.15) is 0 Å². The molecule has 1 aromatic carbocycles. The average molecular weight is 286 g/mol. The number of nitrogens with zero attached hydrogens (tertiary/aromatic N) is 1. The van der Waals surface area contributed by atoms with E-state index in [2.05, 4.69) is 41.4 Å². The summed E-state index contributed by atoms with van der Waals surface area (Å²) in [6.45, 7) is 8.59. The molecular formula is C19H30N2. The highest BCUT2D eigenvalue weighted by molar-refractivity contribution is 5.28. The number of hydrogen-bond donors (Lipinski definition) is 1. The van der Waals surface area contributed by atoms with Crippen LogP contribution in [0.5, 0.6) is 0 Å². The van der Waals surface area contributed by atoms with Gasteiger partial charge in [0.15, 0.2) is 0 Å². The first-order valence-electron chi connectivity index (χ1n) is 8.81. The van der Waals surface area contributed by atoms with Gasteiger partial charge in [-0.25, -0.2) is 0 Å². The molecule has 2 aliphatic heterocycles. The summed E-state index contributed by atoms with van der Waals surface area (Å²) in [7, 11) is 0. The highest BCUT2D eigenvalue weighted by Gasteiger charge is 2.33. The van der Waals surface area contributed by atoms with Crippen molar-refractivity contribution in [3.05, 3.63) is 35.4 Å². The number of nitrogens with one attached hydrogen (secondary N) is 1. The Bertz CT molecular complexity index is 416. The zero-order chi connectivity index (χ0) is 14.5. The molecule has 1 fully saturated rings. The van der Waals surface area contributed by atoms with Crippen molar-refractivity contribution in [2.45, 2.75) is 45.4 Å². The standard InChI is InChI=1S/C19H30N2/c1-2-9-19(10-12-20-13-11-19)16-21-14-7-17-5-3-4-6-18(17)8-15-21/h3-6,20H,2,7-16H2,1H3. The van der Waals surface area contributed by atoms with E-state index in [1.807, 2.05) is 0 Å².